The molecule has 1 aliphatic carbocycles. The largest absolute Gasteiger partial charge is 0.497 e. The van der Waals surface area contributed by atoms with Crippen molar-refractivity contribution < 1.29 is 23.0 Å². The Labute approximate surface area is 166 Å². The van der Waals surface area contributed by atoms with E-state index in [4.69, 9.17) is 9.47 Å². The molecule has 0 aliphatic heterocycles. The molecule has 28 heavy (non-hydrogen) atoms. The summed E-state index contributed by atoms with van der Waals surface area (Å²) >= 11 is 0. The van der Waals surface area contributed by atoms with Crippen molar-refractivity contribution in [2.45, 2.75) is 43.6 Å². The van der Waals surface area contributed by atoms with E-state index >= 15 is 0 Å². The molecule has 152 valence electrons. The molecule has 0 spiro atoms. The second-order valence-electron chi connectivity index (χ2n) is 7.09. The Bertz CT molecular complexity index is 957. The zero-order valence-corrected chi connectivity index (χ0v) is 17.3. The van der Waals surface area contributed by atoms with Crippen molar-refractivity contribution in [3.05, 3.63) is 53.1 Å². The van der Waals surface area contributed by atoms with Crippen LogP contribution in [0, 0.1) is 6.92 Å². The maximum absolute atomic E-state index is 12.8. The van der Waals surface area contributed by atoms with Crippen LogP contribution in [0.25, 0.3) is 0 Å². The number of sulfonamides is 1. The van der Waals surface area contributed by atoms with Crippen molar-refractivity contribution in [1.82, 2.24) is 4.72 Å². The van der Waals surface area contributed by atoms with Crippen LogP contribution in [0.3, 0.4) is 0 Å². The van der Waals surface area contributed by atoms with Crippen LogP contribution >= 0.6 is 0 Å². The molecule has 0 saturated carbocycles. The molecular formula is C21H27NO5S. The predicted octanol–water partition coefficient (Wildman–Crippen LogP) is 2.90. The van der Waals surface area contributed by atoms with Crippen LogP contribution in [-0.4, -0.2) is 33.8 Å². The van der Waals surface area contributed by atoms with Gasteiger partial charge < -0.3 is 14.6 Å². The van der Waals surface area contributed by atoms with Gasteiger partial charge in [0.1, 0.15) is 17.1 Å². The summed E-state index contributed by atoms with van der Waals surface area (Å²) < 4.78 is 38.8. The van der Waals surface area contributed by atoms with Gasteiger partial charge in [-0.05, 0) is 80.1 Å². The summed E-state index contributed by atoms with van der Waals surface area (Å²) in [6.07, 6.45) is 2.11. The van der Waals surface area contributed by atoms with Gasteiger partial charge >= 0.3 is 0 Å². The molecule has 1 unspecified atom stereocenters. The molecule has 2 aromatic rings. The highest BCUT2D eigenvalue weighted by Crippen LogP contribution is 2.37. The van der Waals surface area contributed by atoms with Crippen LogP contribution in [0.2, 0.25) is 0 Å². The number of methoxy groups -OCH3 is 1. The monoisotopic (exact) mass is 405 g/mol. The summed E-state index contributed by atoms with van der Waals surface area (Å²) in [5, 5.41) is 11.2. The summed E-state index contributed by atoms with van der Waals surface area (Å²) in [5.74, 6) is 1.39. The third-order valence-corrected chi connectivity index (χ3v) is 6.56. The molecule has 0 fully saturated rings. The zero-order chi connectivity index (χ0) is 20.4. The lowest BCUT2D eigenvalue weighted by Crippen LogP contribution is -2.43. The molecule has 7 heteroatoms. The number of aryl methyl sites for hydroxylation is 2. The maximum atomic E-state index is 12.8. The average Bonchev–Trinajstić information content (AvgIpc) is 2.68. The number of ether oxygens (including phenoxy) is 2. The van der Waals surface area contributed by atoms with Crippen molar-refractivity contribution >= 4 is 10.0 Å². The molecule has 2 aromatic carbocycles. The Morgan fingerprint density at radius 2 is 2.00 bits per heavy atom. The lowest BCUT2D eigenvalue weighted by molar-refractivity contribution is 0.0242. The van der Waals surface area contributed by atoms with Crippen LogP contribution in [-0.2, 0) is 22.0 Å². The van der Waals surface area contributed by atoms with Crippen LogP contribution in [0.5, 0.6) is 11.5 Å². The highest BCUT2D eigenvalue weighted by atomic mass is 32.2. The van der Waals surface area contributed by atoms with Crippen LogP contribution in [0.15, 0.2) is 41.3 Å². The van der Waals surface area contributed by atoms with E-state index in [9.17, 15) is 13.5 Å². The Morgan fingerprint density at radius 1 is 1.21 bits per heavy atom. The van der Waals surface area contributed by atoms with Crippen LogP contribution in [0.1, 0.15) is 36.5 Å². The summed E-state index contributed by atoms with van der Waals surface area (Å²) in [7, 11) is -2.16. The first-order valence-electron chi connectivity index (χ1n) is 9.42. The molecule has 0 saturated heterocycles. The van der Waals surface area contributed by atoms with E-state index in [-0.39, 0.29) is 11.4 Å². The highest BCUT2D eigenvalue weighted by Gasteiger charge is 2.35. The van der Waals surface area contributed by atoms with Crippen molar-refractivity contribution in [3.63, 3.8) is 0 Å². The molecule has 0 aromatic heterocycles. The number of fused-ring (bicyclic) bond motifs is 1. The molecule has 3 rings (SSSR count). The van der Waals surface area contributed by atoms with Crippen molar-refractivity contribution in [3.8, 4) is 11.5 Å². The molecule has 0 amide bonds. The van der Waals surface area contributed by atoms with Crippen LogP contribution in [0.4, 0.5) is 0 Å². The summed E-state index contributed by atoms with van der Waals surface area (Å²) in [6.45, 7) is 4.12. The van der Waals surface area contributed by atoms with Crippen molar-refractivity contribution in [1.29, 1.82) is 0 Å². The average molecular weight is 406 g/mol. The van der Waals surface area contributed by atoms with Crippen molar-refractivity contribution in [2.24, 2.45) is 0 Å². The molecule has 2 N–H and O–H groups in total. The van der Waals surface area contributed by atoms with E-state index in [2.05, 4.69) is 4.72 Å². The maximum Gasteiger partial charge on any atom is 0.240 e. The van der Waals surface area contributed by atoms with Gasteiger partial charge in [0.25, 0.3) is 0 Å². The minimum Gasteiger partial charge on any atom is -0.497 e. The first-order chi connectivity index (χ1) is 13.3. The van der Waals surface area contributed by atoms with Gasteiger partial charge in [0.2, 0.25) is 10.0 Å². The second kappa shape index (κ2) is 8.11. The number of hydrogen-bond acceptors (Lipinski definition) is 5. The summed E-state index contributed by atoms with van der Waals surface area (Å²) in [6, 6.07) is 10.3. The van der Waals surface area contributed by atoms with Gasteiger partial charge in [-0.15, -0.1) is 0 Å². The van der Waals surface area contributed by atoms with Crippen molar-refractivity contribution in [2.75, 3.05) is 20.3 Å². The summed E-state index contributed by atoms with van der Waals surface area (Å²) in [4.78, 5) is 0.155. The normalized spacial score (nSPS) is 19.1. The number of aliphatic hydroxyl groups is 1. The number of nitrogens with one attached hydrogen (secondary N) is 1. The summed E-state index contributed by atoms with van der Waals surface area (Å²) in [5.41, 5.74) is 1.25. The Balaban J connectivity index is 1.81. The van der Waals surface area contributed by atoms with Gasteiger partial charge in [-0.1, -0.05) is 6.07 Å². The second-order valence-corrected chi connectivity index (χ2v) is 8.86. The van der Waals surface area contributed by atoms with E-state index < -0.39 is 15.6 Å². The van der Waals surface area contributed by atoms with E-state index in [0.717, 1.165) is 35.3 Å². The number of benzene rings is 2. The zero-order valence-electron chi connectivity index (χ0n) is 16.5. The third kappa shape index (κ3) is 4.16. The van der Waals surface area contributed by atoms with Crippen LogP contribution < -0.4 is 14.2 Å². The van der Waals surface area contributed by atoms with Gasteiger partial charge in [-0.2, -0.15) is 0 Å². The van der Waals surface area contributed by atoms with Gasteiger partial charge in [-0.3, -0.25) is 0 Å². The molecule has 0 radical (unpaired) electrons. The lowest BCUT2D eigenvalue weighted by Gasteiger charge is -2.34. The van der Waals surface area contributed by atoms with Gasteiger partial charge in [-0.25, -0.2) is 13.1 Å². The fourth-order valence-corrected chi connectivity index (χ4v) is 4.83. The first-order valence-corrected chi connectivity index (χ1v) is 10.9. The van der Waals surface area contributed by atoms with E-state index in [1.54, 1.807) is 25.3 Å². The quantitative estimate of drug-likeness (QED) is 0.740. The van der Waals surface area contributed by atoms with E-state index in [0.29, 0.717) is 18.8 Å². The third-order valence-electron chi connectivity index (χ3n) is 5.16. The first kappa shape index (κ1) is 20.6. The fourth-order valence-electron chi connectivity index (χ4n) is 3.65. The van der Waals surface area contributed by atoms with Gasteiger partial charge in [0, 0.05) is 6.54 Å². The van der Waals surface area contributed by atoms with Gasteiger partial charge in [0.15, 0.2) is 0 Å². The number of rotatable bonds is 7. The van der Waals surface area contributed by atoms with Gasteiger partial charge in [0.05, 0.1) is 18.6 Å². The Hall–Kier alpha value is -2.09. The minimum absolute atomic E-state index is 0.0824. The topological polar surface area (TPSA) is 84.9 Å². The number of hydrogen-bond donors (Lipinski definition) is 2. The molecule has 0 heterocycles. The molecule has 1 atom stereocenters. The molecule has 1 aliphatic rings. The van der Waals surface area contributed by atoms with E-state index in [1.807, 2.05) is 26.0 Å². The molecular weight excluding hydrogens is 378 g/mol. The standard InChI is InChI=1S/C21H27NO5S/c1-4-27-20-10-8-18(12-15(20)2)28(24,25)22-14-21(23)11-5-6-16-13-17(26-3)7-9-19(16)21/h7-10,12-13,22-23H,4-6,11,14H2,1-3H3. The molecule has 6 nitrogen and oxygen atoms in total. The minimum atomic E-state index is -3.76. The smallest absolute Gasteiger partial charge is 0.240 e. The fraction of sp³-hybridized carbons (Fsp3) is 0.429. The SMILES string of the molecule is CCOc1ccc(S(=O)(=O)NCC2(O)CCCc3cc(OC)ccc32)cc1C. The lowest BCUT2D eigenvalue weighted by atomic mass is 9.79. The predicted molar refractivity (Wildman–Crippen MR) is 107 cm³/mol. The highest BCUT2D eigenvalue weighted by molar-refractivity contribution is 7.89. The Morgan fingerprint density at radius 3 is 2.68 bits per heavy atom. The Kier molecular flexibility index (Phi) is 5.98. The molecule has 0 bridgehead atoms. The van der Waals surface area contributed by atoms with E-state index in [1.165, 1.54) is 6.07 Å².